The van der Waals surface area contributed by atoms with Gasteiger partial charge in [-0.05, 0) is 11.6 Å². The Hall–Kier alpha value is -1.63. The summed E-state index contributed by atoms with van der Waals surface area (Å²) in [7, 11) is 0. The van der Waals surface area contributed by atoms with Crippen molar-refractivity contribution in [3.05, 3.63) is 39.7 Å². The molecule has 0 heterocycles. The number of hydrogen-bond acceptors (Lipinski definition) is 3. The maximum atomic E-state index is 13.5. The topological polar surface area (TPSA) is 69.2 Å². The van der Waals surface area contributed by atoms with Crippen molar-refractivity contribution in [1.29, 1.82) is 0 Å². The van der Waals surface area contributed by atoms with Crippen LogP contribution in [0, 0.1) is 15.9 Å². The van der Waals surface area contributed by atoms with Gasteiger partial charge in [0.2, 0.25) is 11.7 Å². The monoisotopic (exact) mass is 260 g/mol. The van der Waals surface area contributed by atoms with Crippen LogP contribution in [0.3, 0.4) is 0 Å². The van der Waals surface area contributed by atoms with Crippen molar-refractivity contribution < 1.29 is 18.1 Å². The predicted molar refractivity (Wildman–Crippen MR) is 58.0 cm³/mol. The number of nitro benzene ring substituents is 1. The quantitative estimate of drug-likeness (QED) is 0.670. The smallest absolute Gasteiger partial charge is 0.304 e. The lowest BCUT2D eigenvalue weighted by molar-refractivity contribution is -0.387. The maximum Gasteiger partial charge on any atom is 0.304 e. The fourth-order valence-electron chi connectivity index (χ4n) is 2.39. The molecule has 1 aliphatic rings. The van der Waals surface area contributed by atoms with Crippen molar-refractivity contribution in [2.24, 2.45) is 5.73 Å². The Morgan fingerprint density at radius 2 is 2.00 bits per heavy atom. The van der Waals surface area contributed by atoms with Crippen molar-refractivity contribution in [1.82, 2.24) is 0 Å². The van der Waals surface area contributed by atoms with Gasteiger partial charge >= 0.3 is 5.69 Å². The number of halogens is 3. The average Bonchev–Trinajstić information content (AvgIpc) is 2.24. The largest absolute Gasteiger partial charge is 0.330 e. The second kappa shape index (κ2) is 3.94. The molecule has 0 atom stereocenters. The van der Waals surface area contributed by atoms with Crippen LogP contribution in [0.2, 0.25) is 0 Å². The van der Waals surface area contributed by atoms with Crippen LogP contribution in [-0.2, 0) is 5.41 Å². The van der Waals surface area contributed by atoms with Gasteiger partial charge in [0.25, 0.3) is 0 Å². The molecule has 0 saturated heterocycles. The second-order valence-electron chi connectivity index (χ2n) is 4.62. The molecular weight excluding hydrogens is 249 g/mol. The molecule has 4 nitrogen and oxygen atoms in total. The molecule has 2 rings (SSSR count). The summed E-state index contributed by atoms with van der Waals surface area (Å²) in [5, 5.41) is 10.5. The number of rotatable bonds is 3. The Balaban J connectivity index is 2.35. The third kappa shape index (κ3) is 1.94. The van der Waals surface area contributed by atoms with Crippen molar-refractivity contribution in [2.45, 2.75) is 24.2 Å². The Kier molecular flexibility index (Phi) is 2.81. The van der Waals surface area contributed by atoms with Gasteiger partial charge in [-0.25, -0.2) is 8.78 Å². The summed E-state index contributed by atoms with van der Waals surface area (Å²) in [6.07, 6.45) is -0.901. The van der Waals surface area contributed by atoms with E-state index in [0.717, 1.165) is 12.1 Å². The number of benzene rings is 1. The van der Waals surface area contributed by atoms with Crippen molar-refractivity contribution in [2.75, 3.05) is 6.54 Å². The van der Waals surface area contributed by atoms with Crippen LogP contribution in [0.15, 0.2) is 18.2 Å². The van der Waals surface area contributed by atoms with Gasteiger partial charge in [0.05, 0.1) is 4.92 Å². The third-order valence-electron chi connectivity index (χ3n) is 3.34. The van der Waals surface area contributed by atoms with Gasteiger partial charge in [0, 0.05) is 30.9 Å². The second-order valence-corrected chi connectivity index (χ2v) is 4.62. The van der Waals surface area contributed by atoms with Gasteiger partial charge in [-0.15, -0.1) is 0 Å². The van der Waals surface area contributed by atoms with E-state index in [-0.39, 0.29) is 6.54 Å². The minimum absolute atomic E-state index is 0.0418. The van der Waals surface area contributed by atoms with E-state index in [1.165, 1.54) is 6.07 Å². The number of nitro groups is 1. The molecule has 1 saturated carbocycles. The van der Waals surface area contributed by atoms with Crippen LogP contribution in [0.5, 0.6) is 0 Å². The first-order valence-electron chi connectivity index (χ1n) is 5.32. The zero-order chi connectivity index (χ0) is 13.6. The molecule has 0 unspecified atom stereocenters. The first kappa shape index (κ1) is 12.8. The molecule has 1 aromatic carbocycles. The molecule has 18 heavy (non-hydrogen) atoms. The Labute approximate surface area is 101 Å². The summed E-state index contributed by atoms with van der Waals surface area (Å²) in [6.45, 7) is -0.0418. The molecular formula is C11H11F3N2O2. The Bertz CT molecular complexity index is 497. The van der Waals surface area contributed by atoms with E-state index in [0.29, 0.717) is 5.56 Å². The van der Waals surface area contributed by atoms with Gasteiger partial charge in [-0.2, -0.15) is 4.39 Å². The lowest BCUT2D eigenvalue weighted by Gasteiger charge is -2.47. The maximum absolute atomic E-state index is 13.5. The van der Waals surface area contributed by atoms with Gasteiger partial charge in [0.1, 0.15) is 0 Å². The Morgan fingerprint density at radius 3 is 2.39 bits per heavy atom. The first-order chi connectivity index (χ1) is 8.30. The minimum Gasteiger partial charge on any atom is -0.330 e. The van der Waals surface area contributed by atoms with E-state index in [2.05, 4.69) is 0 Å². The summed E-state index contributed by atoms with van der Waals surface area (Å²) < 4.78 is 39.4. The summed E-state index contributed by atoms with van der Waals surface area (Å²) >= 11 is 0. The minimum atomic E-state index is -2.79. The highest BCUT2D eigenvalue weighted by Crippen LogP contribution is 2.53. The van der Waals surface area contributed by atoms with Crippen LogP contribution in [0.4, 0.5) is 18.9 Å². The molecule has 0 aromatic heterocycles. The lowest BCUT2D eigenvalue weighted by atomic mass is 9.62. The molecule has 0 radical (unpaired) electrons. The van der Waals surface area contributed by atoms with E-state index in [9.17, 15) is 23.3 Å². The standard InChI is InChI=1S/C11H11F3N2O2/c12-8-3-7(1-2-9(8)16(17)18)10(6-15)4-11(13,14)5-10/h1-3H,4-6,15H2. The van der Waals surface area contributed by atoms with Crippen molar-refractivity contribution >= 4 is 5.69 Å². The SMILES string of the molecule is NCC1(c2ccc([N+](=O)[O-])c(F)c2)CC(F)(F)C1. The van der Waals surface area contributed by atoms with Crippen molar-refractivity contribution in [3.8, 4) is 0 Å². The summed E-state index contributed by atoms with van der Waals surface area (Å²) in [6, 6.07) is 3.21. The van der Waals surface area contributed by atoms with E-state index >= 15 is 0 Å². The first-order valence-corrected chi connectivity index (χ1v) is 5.32. The molecule has 1 fully saturated rings. The summed E-state index contributed by atoms with van der Waals surface area (Å²) in [5.41, 5.74) is 4.13. The number of nitrogens with two attached hydrogens (primary N) is 1. The third-order valence-corrected chi connectivity index (χ3v) is 3.34. The highest BCUT2D eigenvalue weighted by Gasteiger charge is 2.56. The van der Waals surface area contributed by atoms with Gasteiger partial charge in [-0.3, -0.25) is 10.1 Å². The summed E-state index contributed by atoms with van der Waals surface area (Å²) in [5.74, 6) is -3.82. The number of nitrogens with zero attached hydrogens (tertiary/aromatic N) is 1. The van der Waals surface area contributed by atoms with E-state index in [4.69, 9.17) is 5.73 Å². The summed E-state index contributed by atoms with van der Waals surface area (Å²) in [4.78, 5) is 9.60. The fraction of sp³-hybridized carbons (Fsp3) is 0.455. The van der Waals surface area contributed by atoms with Gasteiger partial charge < -0.3 is 5.73 Å². The zero-order valence-corrected chi connectivity index (χ0v) is 9.33. The molecule has 2 N–H and O–H groups in total. The molecule has 1 aliphatic carbocycles. The molecule has 0 aliphatic heterocycles. The predicted octanol–water partition coefficient (Wildman–Crippen LogP) is 2.36. The fourth-order valence-corrected chi connectivity index (χ4v) is 2.39. The Morgan fingerprint density at radius 1 is 1.39 bits per heavy atom. The van der Waals surface area contributed by atoms with Crippen LogP contribution < -0.4 is 5.73 Å². The molecule has 7 heteroatoms. The number of alkyl halides is 2. The van der Waals surface area contributed by atoms with E-state index in [1.54, 1.807) is 0 Å². The molecule has 0 spiro atoms. The van der Waals surface area contributed by atoms with E-state index < -0.39 is 40.6 Å². The van der Waals surface area contributed by atoms with Crippen LogP contribution >= 0.6 is 0 Å². The zero-order valence-electron chi connectivity index (χ0n) is 9.33. The van der Waals surface area contributed by atoms with Crippen LogP contribution in [0.25, 0.3) is 0 Å². The molecule has 98 valence electrons. The molecule has 0 bridgehead atoms. The van der Waals surface area contributed by atoms with Crippen LogP contribution in [-0.4, -0.2) is 17.4 Å². The molecule has 0 amide bonds. The van der Waals surface area contributed by atoms with Crippen molar-refractivity contribution in [3.63, 3.8) is 0 Å². The lowest BCUT2D eigenvalue weighted by Crippen LogP contribution is -2.53. The van der Waals surface area contributed by atoms with Crippen LogP contribution in [0.1, 0.15) is 18.4 Å². The average molecular weight is 260 g/mol. The highest BCUT2D eigenvalue weighted by atomic mass is 19.3. The van der Waals surface area contributed by atoms with E-state index in [1.807, 2.05) is 0 Å². The normalized spacial score (nSPS) is 20.2. The van der Waals surface area contributed by atoms with Gasteiger partial charge in [0.15, 0.2) is 0 Å². The number of hydrogen-bond donors (Lipinski definition) is 1. The highest BCUT2D eigenvalue weighted by molar-refractivity contribution is 5.40. The molecule has 1 aromatic rings. The van der Waals surface area contributed by atoms with Gasteiger partial charge in [-0.1, -0.05) is 6.07 Å².